The van der Waals surface area contributed by atoms with Gasteiger partial charge in [0.25, 0.3) is 0 Å². The largest absolute Gasteiger partial charge is 0.353 e. The number of hydrogen-bond acceptors (Lipinski definition) is 4. The Morgan fingerprint density at radius 1 is 1.26 bits per heavy atom. The quantitative estimate of drug-likeness (QED) is 0.886. The van der Waals surface area contributed by atoms with Gasteiger partial charge in [0, 0.05) is 50.3 Å². The van der Waals surface area contributed by atoms with Crippen molar-refractivity contribution in [3.05, 3.63) is 54.1 Å². The molecule has 2 aromatic heterocycles. The molecular formula is C17H21N5O. The molecule has 2 fully saturated rings. The van der Waals surface area contributed by atoms with Crippen molar-refractivity contribution in [3.8, 4) is 0 Å². The molecule has 2 saturated heterocycles. The SMILES string of the molecule is Cn1cccc1C1CC(C(=O)N2CC(c3cccnc3)C2)NN1. The lowest BCUT2D eigenvalue weighted by Gasteiger charge is -2.40. The normalized spacial score (nSPS) is 24.7. The van der Waals surface area contributed by atoms with E-state index in [4.69, 9.17) is 0 Å². The lowest BCUT2D eigenvalue weighted by Crippen LogP contribution is -2.54. The standard InChI is InChI=1S/C17H21N5O/c1-21-7-3-5-16(21)14-8-15(20-19-14)17(23)22-10-13(11-22)12-4-2-6-18-9-12/h2-7,9,13-15,19-20H,8,10-11H2,1H3. The number of likely N-dealkylation sites (tertiary alicyclic amines) is 1. The summed E-state index contributed by atoms with van der Waals surface area (Å²) < 4.78 is 2.09. The fraction of sp³-hybridized carbons (Fsp3) is 0.412. The van der Waals surface area contributed by atoms with Gasteiger partial charge >= 0.3 is 0 Å². The van der Waals surface area contributed by atoms with Crippen molar-refractivity contribution in [2.24, 2.45) is 7.05 Å². The van der Waals surface area contributed by atoms with Gasteiger partial charge < -0.3 is 9.47 Å². The van der Waals surface area contributed by atoms with Crippen LogP contribution >= 0.6 is 0 Å². The molecule has 6 nitrogen and oxygen atoms in total. The molecule has 6 heteroatoms. The summed E-state index contributed by atoms with van der Waals surface area (Å²) in [5, 5.41) is 0. The predicted molar refractivity (Wildman–Crippen MR) is 86.4 cm³/mol. The van der Waals surface area contributed by atoms with Crippen LogP contribution in [0.4, 0.5) is 0 Å². The molecule has 120 valence electrons. The van der Waals surface area contributed by atoms with E-state index in [0.29, 0.717) is 5.92 Å². The zero-order chi connectivity index (χ0) is 15.8. The lowest BCUT2D eigenvalue weighted by atomic mass is 9.91. The molecule has 0 bridgehead atoms. The summed E-state index contributed by atoms with van der Waals surface area (Å²) in [5.74, 6) is 0.611. The van der Waals surface area contributed by atoms with E-state index in [1.807, 2.05) is 36.5 Å². The highest BCUT2D eigenvalue weighted by Crippen LogP contribution is 2.29. The third-order valence-electron chi connectivity index (χ3n) is 4.89. The fourth-order valence-electron chi connectivity index (χ4n) is 3.46. The van der Waals surface area contributed by atoms with E-state index in [1.165, 1.54) is 11.3 Å². The number of rotatable bonds is 3. The van der Waals surface area contributed by atoms with Gasteiger partial charge in [-0.3, -0.25) is 9.78 Å². The maximum Gasteiger partial charge on any atom is 0.241 e. The molecule has 0 aromatic carbocycles. The highest BCUT2D eigenvalue weighted by atomic mass is 16.2. The van der Waals surface area contributed by atoms with E-state index in [-0.39, 0.29) is 18.0 Å². The minimum Gasteiger partial charge on any atom is -0.353 e. The summed E-state index contributed by atoms with van der Waals surface area (Å²) in [6.07, 6.45) is 6.49. The number of carbonyl (C=O) groups excluding carboxylic acids is 1. The monoisotopic (exact) mass is 311 g/mol. The Labute approximate surface area is 135 Å². The van der Waals surface area contributed by atoms with Crippen molar-refractivity contribution in [3.63, 3.8) is 0 Å². The molecule has 2 unspecified atom stereocenters. The first-order valence-corrected chi connectivity index (χ1v) is 8.03. The molecule has 2 atom stereocenters. The minimum absolute atomic E-state index is 0.148. The molecule has 4 rings (SSSR count). The number of hydrogen-bond donors (Lipinski definition) is 2. The zero-order valence-electron chi connectivity index (χ0n) is 13.1. The maximum atomic E-state index is 12.6. The van der Waals surface area contributed by atoms with Crippen LogP contribution in [0.15, 0.2) is 42.9 Å². The summed E-state index contributed by atoms with van der Waals surface area (Å²) in [7, 11) is 2.03. The van der Waals surface area contributed by atoms with Gasteiger partial charge in [0.05, 0.1) is 6.04 Å². The number of aryl methyl sites for hydroxylation is 1. The van der Waals surface area contributed by atoms with Crippen molar-refractivity contribution >= 4 is 5.91 Å². The summed E-state index contributed by atoms with van der Waals surface area (Å²) in [6.45, 7) is 1.58. The highest BCUT2D eigenvalue weighted by molar-refractivity contribution is 5.83. The van der Waals surface area contributed by atoms with Gasteiger partial charge in [-0.25, -0.2) is 10.9 Å². The predicted octanol–water partition coefficient (Wildman–Crippen LogP) is 0.954. The number of hydrazine groups is 1. The minimum atomic E-state index is -0.148. The topological polar surface area (TPSA) is 62.2 Å². The van der Waals surface area contributed by atoms with Crippen molar-refractivity contribution in [2.45, 2.75) is 24.4 Å². The van der Waals surface area contributed by atoms with Gasteiger partial charge in [0.15, 0.2) is 0 Å². The van der Waals surface area contributed by atoms with Crippen LogP contribution in [0, 0.1) is 0 Å². The molecule has 2 aromatic rings. The molecule has 0 aliphatic carbocycles. The van der Waals surface area contributed by atoms with E-state index < -0.39 is 0 Å². The molecule has 0 saturated carbocycles. The number of aromatic nitrogens is 2. The summed E-state index contributed by atoms with van der Waals surface area (Å²) in [6, 6.07) is 8.19. The summed E-state index contributed by atoms with van der Waals surface area (Å²) in [5.41, 5.74) is 8.82. The van der Waals surface area contributed by atoms with Gasteiger partial charge in [-0.2, -0.15) is 0 Å². The molecule has 4 heterocycles. The number of pyridine rings is 1. The van der Waals surface area contributed by atoms with Gasteiger partial charge in [0.1, 0.15) is 6.04 Å². The maximum absolute atomic E-state index is 12.6. The van der Waals surface area contributed by atoms with Crippen molar-refractivity contribution in [2.75, 3.05) is 13.1 Å². The van der Waals surface area contributed by atoms with Crippen LogP contribution in [0.3, 0.4) is 0 Å². The number of nitrogens with zero attached hydrogens (tertiary/aromatic N) is 3. The van der Waals surface area contributed by atoms with E-state index in [9.17, 15) is 4.79 Å². The van der Waals surface area contributed by atoms with E-state index in [2.05, 4.69) is 32.5 Å². The van der Waals surface area contributed by atoms with Crippen molar-refractivity contribution in [1.29, 1.82) is 0 Å². The Hall–Kier alpha value is -2.18. The lowest BCUT2D eigenvalue weighted by molar-refractivity contribution is -0.137. The van der Waals surface area contributed by atoms with E-state index in [0.717, 1.165) is 19.5 Å². The van der Waals surface area contributed by atoms with Crippen LogP contribution < -0.4 is 10.9 Å². The van der Waals surface area contributed by atoms with Gasteiger partial charge in [-0.05, 0) is 30.2 Å². The Bertz CT molecular complexity index is 692. The summed E-state index contributed by atoms with van der Waals surface area (Å²) in [4.78, 5) is 18.7. The van der Waals surface area contributed by atoms with E-state index in [1.54, 1.807) is 6.20 Å². The Kier molecular flexibility index (Phi) is 3.63. The van der Waals surface area contributed by atoms with Crippen molar-refractivity contribution in [1.82, 2.24) is 25.3 Å². The molecule has 2 aliphatic heterocycles. The number of amides is 1. The highest BCUT2D eigenvalue weighted by Gasteiger charge is 2.39. The second-order valence-electron chi connectivity index (χ2n) is 6.40. The average molecular weight is 311 g/mol. The Morgan fingerprint density at radius 2 is 2.13 bits per heavy atom. The second-order valence-corrected chi connectivity index (χ2v) is 6.40. The summed E-state index contributed by atoms with van der Waals surface area (Å²) >= 11 is 0. The fourth-order valence-corrected chi connectivity index (χ4v) is 3.46. The smallest absolute Gasteiger partial charge is 0.241 e. The van der Waals surface area contributed by atoms with Gasteiger partial charge in [0.2, 0.25) is 5.91 Å². The molecule has 2 aliphatic rings. The van der Waals surface area contributed by atoms with Crippen LogP contribution in [0.5, 0.6) is 0 Å². The van der Waals surface area contributed by atoms with Crippen LogP contribution in [-0.4, -0.2) is 39.5 Å². The zero-order valence-corrected chi connectivity index (χ0v) is 13.1. The molecular weight excluding hydrogens is 290 g/mol. The first kappa shape index (κ1) is 14.4. The van der Waals surface area contributed by atoms with Crippen LogP contribution in [0.2, 0.25) is 0 Å². The Balaban J connectivity index is 1.34. The van der Waals surface area contributed by atoms with Crippen LogP contribution in [-0.2, 0) is 11.8 Å². The molecule has 0 spiro atoms. The van der Waals surface area contributed by atoms with Crippen LogP contribution in [0.25, 0.3) is 0 Å². The van der Waals surface area contributed by atoms with Gasteiger partial charge in [-0.15, -0.1) is 0 Å². The molecule has 1 amide bonds. The molecule has 2 N–H and O–H groups in total. The second kappa shape index (κ2) is 5.79. The van der Waals surface area contributed by atoms with Crippen LogP contribution in [0.1, 0.15) is 29.6 Å². The Morgan fingerprint density at radius 3 is 2.83 bits per heavy atom. The third-order valence-corrected chi connectivity index (χ3v) is 4.89. The first-order chi connectivity index (χ1) is 11.2. The number of carbonyl (C=O) groups is 1. The van der Waals surface area contributed by atoms with Crippen molar-refractivity contribution < 1.29 is 4.79 Å². The molecule has 0 radical (unpaired) electrons. The average Bonchev–Trinajstić information content (AvgIpc) is 3.15. The third kappa shape index (κ3) is 2.64. The first-order valence-electron chi connectivity index (χ1n) is 8.03. The van der Waals surface area contributed by atoms with E-state index >= 15 is 0 Å². The number of nitrogens with one attached hydrogen (secondary N) is 2. The van der Waals surface area contributed by atoms with Gasteiger partial charge in [-0.1, -0.05) is 6.07 Å². The molecule has 23 heavy (non-hydrogen) atoms.